The Labute approximate surface area is 92.8 Å². The highest BCUT2D eigenvalue weighted by atomic mass is 127. The van der Waals surface area contributed by atoms with Crippen LogP contribution in [0.1, 0.15) is 6.92 Å². The Balaban J connectivity index is 2.58. The predicted molar refractivity (Wildman–Crippen MR) is 64.1 cm³/mol. The van der Waals surface area contributed by atoms with Gasteiger partial charge in [-0.1, -0.05) is 12.1 Å². The van der Waals surface area contributed by atoms with E-state index in [-0.39, 0.29) is 0 Å². The number of ether oxygens (including phenoxy) is 1. The van der Waals surface area contributed by atoms with E-state index in [0.717, 1.165) is 6.61 Å². The predicted octanol–water partition coefficient (Wildman–Crippen LogP) is 2.74. The first kappa shape index (κ1) is 10.8. The van der Waals surface area contributed by atoms with Crippen LogP contribution in [-0.4, -0.2) is 19.8 Å². The van der Waals surface area contributed by atoms with Gasteiger partial charge < -0.3 is 10.1 Å². The second-order valence-corrected chi connectivity index (χ2v) is 4.14. The van der Waals surface area contributed by atoms with Crippen LogP contribution >= 0.6 is 22.6 Å². The van der Waals surface area contributed by atoms with Gasteiger partial charge in [0.25, 0.3) is 0 Å². The summed E-state index contributed by atoms with van der Waals surface area (Å²) < 4.78 is 6.29. The van der Waals surface area contributed by atoms with Gasteiger partial charge in [-0.05, 0) is 41.6 Å². The number of anilines is 1. The summed E-state index contributed by atoms with van der Waals surface area (Å²) in [7, 11) is 1.72. The Morgan fingerprint density at radius 2 is 2.15 bits per heavy atom. The highest BCUT2D eigenvalue weighted by molar-refractivity contribution is 14.1. The lowest BCUT2D eigenvalue weighted by Crippen LogP contribution is -2.21. The lowest BCUT2D eigenvalue weighted by atomic mass is 10.3. The maximum Gasteiger partial charge on any atom is 0.0661 e. The van der Waals surface area contributed by atoms with Crippen LogP contribution in [0.25, 0.3) is 0 Å². The normalized spacial score (nSPS) is 12.5. The van der Waals surface area contributed by atoms with E-state index in [1.54, 1.807) is 7.11 Å². The van der Waals surface area contributed by atoms with Crippen LogP contribution in [0.4, 0.5) is 5.69 Å². The molecular weight excluding hydrogens is 277 g/mol. The first-order chi connectivity index (χ1) is 6.24. The molecule has 0 bridgehead atoms. The molecule has 1 N–H and O–H groups in total. The fourth-order valence-electron chi connectivity index (χ4n) is 1.14. The Morgan fingerprint density at radius 3 is 2.77 bits per heavy atom. The summed E-state index contributed by atoms with van der Waals surface area (Å²) in [6, 6.07) is 8.58. The SMILES string of the molecule is COC[C@H](C)Nc1ccccc1I. The minimum Gasteiger partial charge on any atom is -0.383 e. The topological polar surface area (TPSA) is 21.3 Å². The molecule has 1 rings (SSSR count). The first-order valence-corrected chi connectivity index (χ1v) is 5.32. The van der Waals surface area contributed by atoms with Gasteiger partial charge in [-0.2, -0.15) is 0 Å². The van der Waals surface area contributed by atoms with Crippen molar-refractivity contribution in [2.45, 2.75) is 13.0 Å². The van der Waals surface area contributed by atoms with E-state index in [1.807, 2.05) is 12.1 Å². The number of nitrogens with one attached hydrogen (secondary N) is 1. The zero-order valence-corrected chi connectivity index (χ0v) is 10.0. The lowest BCUT2D eigenvalue weighted by molar-refractivity contribution is 0.190. The maximum atomic E-state index is 5.05. The van der Waals surface area contributed by atoms with Crippen LogP contribution in [0.2, 0.25) is 0 Å². The Kier molecular flexibility index (Phi) is 4.52. The van der Waals surface area contributed by atoms with Crippen molar-refractivity contribution in [3.05, 3.63) is 27.8 Å². The van der Waals surface area contributed by atoms with Crippen LogP contribution in [0.15, 0.2) is 24.3 Å². The average Bonchev–Trinajstić information content (AvgIpc) is 2.09. The van der Waals surface area contributed by atoms with Gasteiger partial charge in [0.1, 0.15) is 0 Å². The molecule has 0 aliphatic heterocycles. The summed E-state index contributed by atoms with van der Waals surface area (Å²) in [4.78, 5) is 0. The fraction of sp³-hybridized carbons (Fsp3) is 0.400. The van der Waals surface area contributed by atoms with Gasteiger partial charge in [-0.25, -0.2) is 0 Å². The van der Waals surface area contributed by atoms with Crippen LogP contribution in [-0.2, 0) is 4.74 Å². The molecule has 0 aliphatic carbocycles. The summed E-state index contributed by atoms with van der Waals surface area (Å²) >= 11 is 2.32. The number of hydrogen-bond acceptors (Lipinski definition) is 2. The van der Waals surface area contributed by atoms with E-state index in [2.05, 4.69) is 47.0 Å². The van der Waals surface area contributed by atoms with Crippen molar-refractivity contribution >= 4 is 28.3 Å². The number of benzene rings is 1. The van der Waals surface area contributed by atoms with Crippen LogP contribution in [0.5, 0.6) is 0 Å². The number of methoxy groups -OCH3 is 1. The minimum atomic E-state index is 0.348. The molecule has 0 saturated heterocycles. The molecule has 0 heterocycles. The summed E-state index contributed by atoms with van der Waals surface area (Å²) in [5.41, 5.74) is 1.17. The van der Waals surface area contributed by atoms with Crippen LogP contribution in [0.3, 0.4) is 0 Å². The van der Waals surface area contributed by atoms with E-state index >= 15 is 0 Å². The molecule has 0 fully saturated rings. The average molecular weight is 291 g/mol. The second-order valence-electron chi connectivity index (χ2n) is 2.98. The smallest absolute Gasteiger partial charge is 0.0661 e. The molecule has 72 valence electrons. The van der Waals surface area contributed by atoms with E-state index in [4.69, 9.17) is 4.74 Å². The standard InChI is InChI=1S/C10H14INO/c1-8(7-13-2)12-10-6-4-3-5-9(10)11/h3-6,8,12H,7H2,1-2H3/t8-/m0/s1. The molecule has 0 unspecified atom stereocenters. The van der Waals surface area contributed by atoms with Gasteiger partial charge in [0, 0.05) is 22.4 Å². The monoisotopic (exact) mass is 291 g/mol. The zero-order chi connectivity index (χ0) is 9.68. The second kappa shape index (κ2) is 5.44. The van der Waals surface area contributed by atoms with Crippen molar-refractivity contribution in [3.63, 3.8) is 0 Å². The highest BCUT2D eigenvalue weighted by Gasteiger charge is 2.02. The third-order valence-electron chi connectivity index (χ3n) is 1.69. The number of hydrogen-bond donors (Lipinski definition) is 1. The first-order valence-electron chi connectivity index (χ1n) is 4.24. The van der Waals surface area contributed by atoms with Gasteiger partial charge in [0.2, 0.25) is 0 Å². The molecule has 1 aromatic rings. The molecule has 1 aromatic carbocycles. The van der Waals surface area contributed by atoms with Gasteiger partial charge in [0.15, 0.2) is 0 Å². The molecule has 0 spiro atoms. The van der Waals surface area contributed by atoms with Gasteiger partial charge in [0.05, 0.1) is 6.61 Å². The summed E-state index contributed by atoms with van der Waals surface area (Å²) in [5, 5.41) is 3.38. The minimum absolute atomic E-state index is 0.348. The highest BCUT2D eigenvalue weighted by Crippen LogP contribution is 2.17. The molecular formula is C10H14INO. The molecule has 0 radical (unpaired) electrons. The van der Waals surface area contributed by atoms with E-state index in [9.17, 15) is 0 Å². The van der Waals surface area contributed by atoms with Crippen molar-refractivity contribution in [2.75, 3.05) is 19.0 Å². The van der Waals surface area contributed by atoms with Crippen molar-refractivity contribution in [1.82, 2.24) is 0 Å². The van der Waals surface area contributed by atoms with Crippen LogP contribution < -0.4 is 5.32 Å². The van der Waals surface area contributed by atoms with Crippen molar-refractivity contribution < 1.29 is 4.74 Å². The quantitative estimate of drug-likeness (QED) is 0.861. The summed E-state index contributed by atoms with van der Waals surface area (Å²) in [6.07, 6.45) is 0. The molecule has 3 heteroatoms. The molecule has 13 heavy (non-hydrogen) atoms. The fourth-order valence-corrected chi connectivity index (χ4v) is 1.68. The van der Waals surface area contributed by atoms with Crippen molar-refractivity contribution in [3.8, 4) is 0 Å². The Hall–Kier alpha value is -0.290. The Morgan fingerprint density at radius 1 is 1.46 bits per heavy atom. The lowest BCUT2D eigenvalue weighted by Gasteiger charge is -2.15. The molecule has 0 aromatic heterocycles. The van der Waals surface area contributed by atoms with Gasteiger partial charge in [-0.15, -0.1) is 0 Å². The summed E-state index contributed by atoms with van der Waals surface area (Å²) in [6.45, 7) is 2.83. The number of rotatable bonds is 4. The molecule has 1 atom stereocenters. The molecule has 0 aliphatic rings. The zero-order valence-electron chi connectivity index (χ0n) is 7.88. The number of para-hydroxylation sites is 1. The molecule has 0 saturated carbocycles. The van der Waals surface area contributed by atoms with Gasteiger partial charge >= 0.3 is 0 Å². The van der Waals surface area contributed by atoms with Crippen molar-refractivity contribution in [1.29, 1.82) is 0 Å². The van der Waals surface area contributed by atoms with Crippen LogP contribution in [0, 0.1) is 3.57 Å². The van der Waals surface area contributed by atoms with Gasteiger partial charge in [-0.3, -0.25) is 0 Å². The molecule has 0 amide bonds. The third kappa shape index (κ3) is 3.52. The number of halogens is 1. The maximum absolute atomic E-state index is 5.05. The largest absolute Gasteiger partial charge is 0.383 e. The van der Waals surface area contributed by atoms with Crippen molar-refractivity contribution in [2.24, 2.45) is 0 Å². The summed E-state index contributed by atoms with van der Waals surface area (Å²) in [5.74, 6) is 0. The third-order valence-corrected chi connectivity index (χ3v) is 2.63. The van der Waals surface area contributed by atoms with E-state index in [0.29, 0.717) is 6.04 Å². The molecule has 2 nitrogen and oxygen atoms in total. The Bertz CT molecular complexity index is 265. The van der Waals surface area contributed by atoms with E-state index < -0.39 is 0 Å². The van der Waals surface area contributed by atoms with E-state index in [1.165, 1.54) is 9.26 Å².